The van der Waals surface area contributed by atoms with Gasteiger partial charge in [-0.25, -0.2) is 0 Å². The van der Waals surface area contributed by atoms with E-state index in [1.165, 1.54) is 51.6 Å². The molecule has 2 aliphatic rings. The zero-order chi connectivity index (χ0) is 11.6. The average molecular weight is 225 g/mol. The molecular formula is C13H27N3. The van der Waals surface area contributed by atoms with E-state index < -0.39 is 0 Å². The van der Waals surface area contributed by atoms with Gasteiger partial charge in [0.2, 0.25) is 0 Å². The van der Waals surface area contributed by atoms with Crippen LogP contribution in [0, 0.1) is 0 Å². The van der Waals surface area contributed by atoms with Crippen LogP contribution >= 0.6 is 0 Å². The van der Waals surface area contributed by atoms with Gasteiger partial charge in [0.1, 0.15) is 0 Å². The van der Waals surface area contributed by atoms with Crippen molar-refractivity contribution in [1.82, 2.24) is 9.80 Å². The molecule has 94 valence electrons. The van der Waals surface area contributed by atoms with Gasteiger partial charge in [-0.3, -0.25) is 0 Å². The summed E-state index contributed by atoms with van der Waals surface area (Å²) in [6.45, 7) is 3.54. The van der Waals surface area contributed by atoms with Crippen LogP contribution in [-0.2, 0) is 0 Å². The average Bonchev–Trinajstić information content (AvgIpc) is 2.77. The molecule has 0 radical (unpaired) electrons. The Kier molecular flexibility index (Phi) is 3.88. The molecule has 1 saturated heterocycles. The van der Waals surface area contributed by atoms with Crippen molar-refractivity contribution in [3.63, 3.8) is 0 Å². The van der Waals surface area contributed by atoms with E-state index >= 15 is 0 Å². The van der Waals surface area contributed by atoms with Crippen molar-refractivity contribution in [2.75, 3.05) is 33.7 Å². The van der Waals surface area contributed by atoms with E-state index in [0.29, 0.717) is 0 Å². The van der Waals surface area contributed by atoms with Gasteiger partial charge in [0.15, 0.2) is 0 Å². The smallest absolute Gasteiger partial charge is 0.0283 e. The zero-order valence-corrected chi connectivity index (χ0v) is 10.9. The van der Waals surface area contributed by atoms with Crippen LogP contribution in [0.4, 0.5) is 0 Å². The van der Waals surface area contributed by atoms with Gasteiger partial charge in [-0.1, -0.05) is 12.8 Å². The second-order valence-electron chi connectivity index (χ2n) is 6.04. The Labute approximate surface area is 100.0 Å². The van der Waals surface area contributed by atoms with Crippen LogP contribution in [0.2, 0.25) is 0 Å². The molecule has 0 aromatic rings. The summed E-state index contributed by atoms with van der Waals surface area (Å²) in [6.07, 6.45) is 7.82. The summed E-state index contributed by atoms with van der Waals surface area (Å²) < 4.78 is 0. The number of nitrogens with zero attached hydrogens (tertiary/aromatic N) is 2. The number of likely N-dealkylation sites (tertiary alicyclic amines) is 1. The molecule has 2 fully saturated rings. The minimum Gasteiger partial charge on any atom is -0.324 e. The van der Waals surface area contributed by atoms with Crippen LogP contribution in [0.3, 0.4) is 0 Å². The van der Waals surface area contributed by atoms with E-state index in [2.05, 4.69) is 23.9 Å². The van der Waals surface area contributed by atoms with Gasteiger partial charge in [0, 0.05) is 24.7 Å². The SMILES string of the molecule is CN(CC1CCCN1C)CC1(N)CCCC1. The first-order valence-corrected chi connectivity index (χ1v) is 6.77. The van der Waals surface area contributed by atoms with Crippen molar-refractivity contribution in [3.8, 4) is 0 Å². The second kappa shape index (κ2) is 5.03. The number of rotatable bonds is 4. The van der Waals surface area contributed by atoms with Gasteiger partial charge in [0.05, 0.1) is 0 Å². The first kappa shape index (κ1) is 12.3. The summed E-state index contributed by atoms with van der Waals surface area (Å²) >= 11 is 0. The Bertz CT molecular complexity index is 223. The lowest BCUT2D eigenvalue weighted by molar-refractivity contribution is 0.187. The minimum absolute atomic E-state index is 0.117. The van der Waals surface area contributed by atoms with E-state index in [9.17, 15) is 0 Å². The summed E-state index contributed by atoms with van der Waals surface area (Å²) in [6, 6.07) is 0.759. The number of likely N-dealkylation sites (N-methyl/N-ethyl adjacent to an activating group) is 2. The molecule has 1 heterocycles. The summed E-state index contributed by atoms with van der Waals surface area (Å²) in [5, 5.41) is 0. The molecule has 16 heavy (non-hydrogen) atoms. The van der Waals surface area contributed by atoms with Crippen molar-refractivity contribution >= 4 is 0 Å². The van der Waals surface area contributed by atoms with Crippen LogP contribution in [0.25, 0.3) is 0 Å². The molecule has 1 aliphatic heterocycles. The van der Waals surface area contributed by atoms with Crippen LogP contribution in [0.1, 0.15) is 38.5 Å². The molecule has 1 saturated carbocycles. The first-order chi connectivity index (χ1) is 7.59. The largest absolute Gasteiger partial charge is 0.324 e. The van der Waals surface area contributed by atoms with Crippen LogP contribution in [-0.4, -0.2) is 55.1 Å². The fourth-order valence-corrected chi connectivity index (χ4v) is 3.41. The van der Waals surface area contributed by atoms with Crippen LogP contribution in [0.5, 0.6) is 0 Å². The third kappa shape index (κ3) is 2.96. The predicted octanol–water partition coefficient (Wildman–Crippen LogP) is 1.28. The summed E-state index contributed by atoms with van der Waals surface area (Å²) in [5.41, 5.74) is 6.53. The van der Waals surface area contributed by atoms with Gasteiger partial charge in [-0.15, -0.1) is 0 Å². The quantitative estimate of drug-likeness (QED) is 0.782. The monoisotopic (exact) mass is 225 g/mol. The van der Waals surface area contributed by atoms with Gasteiger partial charge in [-0.2, -0.15) is 0 Å². The van der Waals surface area contributed by atoms with Gasteiger partial charge in [0.25, 0.3) is 0 Å². The van der Waals surface area contributed by atoms with Crippen molar-refractivity contribution in [2.24, 2.45) is 5.73 Å². The molecule has 3 heteroatoms. The van der Waals surface area contributed by atoms with Crippen LogP contribution < -0.4 is 5.73 Å². The summed E-state index contributed by atoms with van der Waals surface area (Å²) in [5.74, 6) is 0. The van der Waals surface area contributed by atoms with Gasteiger partial charge in [-0.05, 0) is 46.3 Å². The molecular weight excluding hydrogens is 198 g/mol. The molecule has 3 nitrogen and oxygen atoms in total. The lowest BCUT2D eigenvalue weighted by atomic mass is 9.98. The molecule has 1 unspecified atom stereocenters. The Morgan fingerprint density at radius 2 is 2.00 bits per heavy atom. The standard InChI is InChI=1S/C13H27N3/c1-15(10-12-6-5-9-16(12)2)11-13(14)7-3-4-8-13/h12H,3-11,14H2,1-2H3. The third-order valence-electron chi connectivity index (χ3n) is 4.38. The maximum absolute atomic E-state index is 6.41. The molecule has 1 atom stereocenters. The summed E-state index contributed by atoms with van der Waals surface area (Å²) in [7, 11) is 4.48. The first-order valence-electron chi connectivity index (χ1n) is 6.77. The van der Waals surface area contributed by atoms with E-state index in [1.807, 2.05) is 0 Å². The molecule has 0 amide bonds. The van der Waals surface area contributed by atoms with Crippen molar-refractivity contribution in [1.29, 1.82) is 0 Å². The van der Waals surface area contributed by atoms with Crippen LogP contribution in [0.15, 0.2) is 0 Å². The van der Waals surface area contributed by atoms with Crippen molar-refractivity contribution < 1.29 is 0 Å². The highest BCUT2D eigenvalue weighted by atomic mass is 15.2. The van der Waals surface area contributed by atoms with Crippen molar-refractivity contribution in [2.45, 2.75) is 50.1 Å². The topological polar surface area (TPSA) is 32.5 Å². The molecule has 0 aromatic carbocycles. The Morgan fingerprint density at radius 3 is 2.56 bits per heavy atom. The Morgan fingerprint density at radius 1 is 1.31 bits per heavy atom. The predicted molar refractivity (Wildman–Crippen MR) is 68.5 cm³/mol. The zero-order valence-electron chi connectivity index (χ0n) is 10.9. The molecule has 0 spiro atoms. The van der Waals surface area contributed by atoms with E-state index in [1.54, 1.807) is 0 Å². The summed E-state index contributed by atoms with van der Waals surface area (Å²) in [4.78, 5) is 4.95. The fraction of sp³-hybridized carbons (Fsp3) is 1.00. The maximum atomic E-state index is 6.41. The van der Waals surface area contributed by atoms with Crippen molar-refractivity contribution in [3.05, 3.63) is 0 Å². The maximum Gasteiger partial charge on any atom is 0.0283 e. The number of hydrogen-bond acceptors (Lipinski definition) is 3. The van der Waals surface area contributed by atoms with E-state index in [0.717, 1.165) is 12.6 Å². The fourth-order valence-electron chi connectivity index (χ4n) is 3.41. The molecule has 2 rings (SSSR count). The Balaban J connectivity index is 1.77. The highest BCUT2D eigenvalue weighted by Gasteiger charge is 2.31. The lowest BCUT2D eigenvalue weighted by Gasteiger charge is -2.32. The highest BCUT2D eigenvalue weighted by Crippen LogP contribution is 2.28. The normalized spacial score (nSPS) is 30.4. The second-order valence-corrected chi connectivity index (χ2v) is 6.04. The molecule has 2 N–H and O–H groups in total. The molecule has 0 aromatic heterocycles. The minimum atomic E-state index is 0.117. The van der Waals surface area contributed by atoms with Gasteiger partial charge < -0.3 is 15.5 Å². The number of nitrogens with two attached hydrogens (primary N) is 1. The van der Waals surface area contributed by atoms with E-state index in [4.69, 9.17) is 5.73 Å². The van der Waals surface area contributed by atoms with Gasteiger partial charge >= 0.3 is 0 Å². The number of hydrogen-bond donors (Lipinski definition) is 1. The Hall–Kier alpha value is -0.120. The molecule has 1 aliphatic carbocycles. The lowest BCUT2D eigenvalue weighted by Crippen LogP contribution is -2.49. The highest BCUT2D eigenvalue weighted by molar-refractivity contribution is 4.92. The third-order valence-corrected chi connectivity index (χ3v) is 4.38. The van der Waals surface area contributed by atoms with E-state index in [-0.39, 0.29) is 5.54 Å². The molecule has 0 bridgehead atoms.